The predicted molar refractivity (Wildman–Crippen MR) is 232 cm³/mol. The number of carboxylic acids is 1. The quantitative estimate of drug-likeness (QED) is 0.117. The molecule has 0 saturated carbocycles. The number of carbonyl (C=O) groups is 2. The van der Waals surface area contributed by atoms with Crippen LogP contribution in [0.5, 0.6) is 23.0 Å². The summed E-state index contributed by atoms with van der Waals surface area (Å²) in [4.78, 5) is 28.7. The molecule has 6 aromatic carbocycles. The second-order valence-electron chi connectivity index (χ2n) is 15.1. The Morgan fingerprint density at radius 3 is 2.31 bits per heavy atom. The maximum absolute atomic E-state index is 15.4. The van der Waals surface area contributed by atoms with Gasteiger partial charge in [0.25, 0.3) is 0 Å². The Morgan fingerprint density at radius 2 is 1.61 bits per heavy atom. The maximum atomic E-state index is 15.4. The lowest BCUT2D eigenvalue weighted by molar-refractivity contribution is -0.142. The molecule has 0 bridgehead atoms. The summed E-state index contributed by atoms with van der Waals surface area (Å²) in [7, 11) is 1.46. The molecule has 0 spiro atoms. The highest BCUT2D eigenvalue weighted by Crippen LogP contribution is 2.41. The second-order valence-corrected chi connectivity index (χ2v) is 15.9. The van der Waals surface area contributed by atoms with E-state index in [0.717, 1.165) is 33.4 Å². The lowest BCUT2D eigenvalue weighted by atomic mass is 9.91. The van der Waals surface area contributed by atoms with Crippen LogP contribution in [0.1, 0.15) is 45.0 Å². The minimum atomic E-state index is -1.24. The normalized spacial score (nSPS) is 16.0. The van der Waals surface area contributed by atoms with Gasteiger partial charge in [-0.3, -0.25) is 9.69 Å². The van der Waals surface area contributed by atoms with Crippen molar-refractivity contribution in [2.45, 2.75) is 50.7 Å². The molecule has 6 aromatic rings. The van der Waals surface area contributed by atoms with Crippen LogP contribution >= 0.6 is 23.2 Å². The molecule has 0 radical (unpaired) electrons. The third-order valence-corrected chi connectivity index (χ3v) is 11.8. The molecular weight excluding hydrogens is 832 g/mol. The summed E-state index contributed by atoms with van der Waals surface area (Å²) >= 11 is 12.2. The van der Waals surface area contributed by atoms with Gasteiger partial charge in [0.2, 0.25) is 5.91 Å². The first-order valence-corrected chi connectivity index (χ1v) is 20.6. The highest BCUT2D eigenvalue weighted by atomic mass is 35.5. The standard InChI is InChI=1S/C49H40Cl2FN3O7/c1-59-44-4-2-3-41(52)38(44)26-55-25-36-23-46-45(61-28-47(62-46)34-14-16-37(17-15-34)60-27-31-9-18-39(50)40(51)19-31)22-35(36)21-43(55)48(56)54-42(49(57)58)20-29-5-10-32(11-6-29)33-12-7-30(24-53)8-13-33/h2-19,22-23,42-43,47H,20-21,25-28H2,1H3,(H,54,56)(H,57,58). The zero-order chi connectivity index (χ0) is 43.3. The number of nitrogens with zero attached hydrogens (tertiary/aromatic N) is 2. The highest BCUT2D eigenvalue weighted by molar-refractivity contribution is 6.42. The van der Waals surface area contributed by atoms with Gasteiger partial charge in [-0.1, -0.05) is 83.9 Å². The fourth-order valence-corrected chi connectivity index (χ4v) is 8.05. The molecule has 314 valence electrons. The molecule has 2 aliphatic rings. The van der Waals surface area contributed by atoms with Crippen LogP contribution in [0, 0.1) is 17.1 Å². The van der Waals surface area contributed by atoms with Gasteiger partial charge in [0, 0.05) is 25.1 Å². The molecule has 62 heavy (non-hydrogen) atoms. The summed E-state index contributed by atoms with van der Waals surface area (Å²) < 4.78 is 39.6. The fraction of sp³-hybridized carbons (Fsp3) is 0.204. The van der Waals surface area contributed by atoms with E-state index in [1.807, 2.05) is 83.8 Å². The van der Waals surface area contributed by atoms with Gasteiger partial charge in [0.15, 0.2) is 17.6 Å². The van der Waals surface area contributed by atoms with E-state index in [0.29, 0.717) is 50.8 Å². The summed E-state index contributed by atoms with van der Waals surface area (Å²) in [5, 5.41) is 23.1. The minimum absolute atomic E-state index is 0.0124. The van der Waals surface area contributed by atoms with Crippen LogP contribution in [0.15, 0.2) is 121 Å². The van der Waals surface area contributed by atoms with E-state index in [1.165, 1.54) is 13.2 Å². The number of halogens is 3. The smallest absolute Gasteiger partial charge is 0.326 e. The van der Waals surface area contributed by atoms with Crippen molar-refractivity contribution in [3.63, 3.8) is 0 Å². The number of nitriles is 1. The molecule has 0 saturated heterocycles. The van der Waals surface area contributed by atoms with Gasteiger partial charge in [-0.2, -0.15) is 5.26 Å². The van der Waals surface area contributed by atoms with Crippen LogP contribution in [0.2, 0.25) is 10.0 Å². The van der Waals surface area contributed by atoms with Gasteiger partial charge >= 0.3 is 5.97 Å². The predicted octanol–water partition coefficient (Wildman–Crippen LogP) is 9.51. The Labute approximate surface area is 367 Å². The van der Waals surface area contributed by atoms with Crippen LogP contribution in [-0.2, 0) is 42.1 Å². The molecule has 0 aromatic heterocycles. The van der Waals surface area contributed by atoms with Crippen LogP contribution < -0.4 is 24.3 Å². The number of rotatable bonds is 13. The number of carbonyl (C=O) groups excluding carboxylic acids is 1. The lowest BCUT2D eigenvalue weighted by Gasteiger charge is -2.38. The summed E-state index contributed by atoms with van der Waals surface area (Å²) in [5.74, 6) is -0.128. The SMILES string of the molecule is COc1cccc(F)c1CN1Cc2cc3c(cc2CC1C(=O)NC(Cc1ccc(-c2ccc(C#N)cc2)cc1)C(=O)O)OCC(c1ccc(OCc2ccc(Cl)c(Cl)c2)cc1)O3. The number of aliphatic carboxylic acids is 1. The molecule has 8 rings (SSSR count). The Bertz CT molecular complexity index is 2650. The van der Waals surface area contributed by atoms with Crippen molar-refractivity contribution in [1.29, 1.82) is 5.26 Å². The molecule has 0 fully saturated rings. The van der Waals surface area contributed by atoms with Crippen molar-refractivity contribution in [3.05, 3.63) is 176 Å². The Balaban J connectivity index is 0.990. The molecular formula is C49H40Cl2FN3O7. The van der Waals surface area contributed by atoms with Crippen molar-refractivity contribution in [3.8, 4) is 40.2 Å². The average Bonchev–Trinajstić information content (AvgIpc) is 3.29. The first-order chi connectivity index (χ1) is 30.0. The number of fused-ring (bicyclic) bond motifs is 2. The van der Waals surface area contributed by atoms with Crippen LogP contribution in [0.3, 0.4) is 0 Å². The van der Waals surface area contributed by atoms with Crippen LogP contribution in [0.4, 0.5) is 4.39 Å². The number of methoxy groups -OCH3 is 1. The number of hydrogen-bond acceptors (Lipinski definition) is 8. The first-order valence-electron chi connectivity index (χ1n) is 19.8. The summed E-state index contributed by atoms with van der Waals surface area (Å²) in [5.41, 5.74) is 6.81. The van der Waals surface area contributed by atoms with Gasteiger partial charge < -0.3 is 29.4 Å². The molecule has 0 aliphatic carbocycles. The summed E-state index contributed by atoms with van der Waals surface area (Å²) in [6.45, 7) is 0.801. The molecule has 10 nitrogen and oxygen atoms in total. The molecule has 13 heteroatoms. The first kappa shape index (κ1) is 42.1. The number of carboxylic acid groups (broad SMARTS) is 1. The number of benzene rings is 6. The lowest BCUT2D eigenvalue weighted by Crippen LogP contribution is -2.54. The van der Waals surface area contributed by atoms with E-state index < -0.39 is 35.9 Å². The van der Waals surface area contributed by atoms with Crippen LogP contribution in [-0.4, -0.2) is 47.7 Å². The largest absolute Gasteiger partial charge is 0.496 e. The number of nitrogens with one attached hydrogen (secondary N) is 1. The third kappa shape index (κ3) is 9.48. The fourth-order valence-electron chi connectivity index (χ4n) is 7.73. The maximum Gasteiger partial charge on any atom is 0.326 e. The van der Waals surface area contributed by atoms with Crippen molar-refractivity contribution >= 4 is 35.1 Å². The topological polar surface area (TPSA) is 130 Å². The van der Waals surface area contributed by atoms with Gasteiger partial charge in [0.1, 0.15) is 36.6 Å². The summed E-state index contributed by atoms with van der Waals surface area (Å²) in [6, 6.07) is 35.8. The molecule has 2 heterocycles. The molecule has 2 aliphatic heterocycles. The van der Waals surface area contributed by atoms with E-state index in [2.05, 4.69) is 11.4 Å². The van der Waals surface area contributed by atoms with Gasteiger partial charge in [-0.15, -0.1) is 0 Å². The second kappa shape index (κ2) is 18.6. The zero-order valence-electron chi connectivity index (χ0n) is 33.4. The molecule has 1 amide bonds. The monoisotopic (exact) mass is 871 g/mol. The number of ether oxygens (including phenoxy) is 4. The van der Waals surface area contributed by atoms with Gasteiger partial charge in [-0.25, -0.2) is 9.18 Å². The third-order valence-electron chi connectivity index (χ3n) is 11.1. The van der Waals surface area contributed by atoms with Gasteiger partial charge in [-0.05, 0) is 106 Å². The van der Waals surface area contributed by atoms with Crippen LogP contribution in [0.25, 0.3) is 11.1 Å². The van der Waals surface area contributed by atoms with Crippen molar-refractivity contribution in [2.24, 2.45) is 0 Å². The highest BCUT2D eigenvalue weighted by Gasteiger charge is 2.36. The van der Waals surface area contributed by atoms with E-state index in [4.69, 9.17) is 47.4 Å². The van der Waals surface area contributed by atoms with E-state index in [-0.39, 0.29) is 38.1 Å². The minimum Gasteiger partial charge on any atom is -0.496 e. The average molecular weight is 873 g/mol. The molecule has 3 atom stereocenters. The number of hydrogen-bond donors (Lipinski definition) is 2. The Hall–Kier alpha value is -6.58. The Kier molecular flexibility index (Phi) is 12.6. The number of amides is 1. The van der Waals surface area contributed by atoms with Crippen molar-refractivity contribution in [1.82, 2.24) is 10.2 Å². The van der Waals surface area contributed by atoms with Gasteiger partial charge in [0.05, 0.1) is 34.8 Å². The van der Waals surface area contributed by atoms with E-state index in [1.54, 1.807) is 36.4 Å². The van der Waals surface area contributed by atoms with Crippen molar-refractivity contribution in [2.75, 3.05) is 13.7 Å². The summed E-state index contributed by atoms with van der Waals surface area (Å²) in [6.07, 6.45) is -0.174. The molecule has 3 unspecified atom stereocenters. The zero-order valence-corrected chi connectivity index (χ0v) is 35.0. The Morgan fingerprint density at radius 1 is 0.903 bits per heavy atom. The van der Waals surface area contributed by atoms with E-state index >= 15 is 4.39 Å². The van der Waals surface area contributed by atoms with E-state index in [9.17, 15) is 14.7 Å². The molecule has 2 N–H and O–H groups in total. The van der Waals surface area contributed by atoms with Crippen molar-refractivity contribution < 1.29 is 38.0 Å².